The molecule has 21 heavy (non-hydrogen) atoms. The van der Waals surface area contributed by atoms with E-state index in [1.165, 1.54) is 5.39 Å². The molecule has 0 unspecified atom stereocenters. The molecule has 0 saturated heterocycles. The van der Waals surface area contributed by atoms with Crippen LogP contribution >= 0.6 is 0 Å². The van der Waals surface area contributed by atoms with Crippen molar-refractivity contribution in [1.82, 2.24) is 10.6 Å². The summed E-state index contributed by atoms with van der Waals surface area (Å²) in [5, 5.41) is 8.33. The van der Waals surface area contributed by atoms with Gasteiger partial charge in [0.05, 0.1) is 13.7 Å². The number of rotatable bonds is 7. The quantitative estimate of drug-likeness (QED) is 0.822. The summed E-state index contributed by atoms with van der Waals surface area (Å²) in [6, 6.07) is 12.3. The smallest absolute Gasteiger partial charge is 0.233 e. The number of benzene rings is 2. The van der Waals surface area contributed by atoms with Crippen LogP contribution in [0.3, 0.4) is 0 Å². The van der Waals surface area contributed by atoms with Crippen LogP contribution in [-0.4, -0.2) is 26.1 Å². The minimum atomic E-state index is 0.0439. The second-order valence-corrected chi connectivity index (χ2v) is 5.00. The number of hydrogen-bond donors (Lipinski definition) is 2. The van der Waals surface area contributed by atoms with Crippen LogP contribution in [0.15, 0.2) is 36.4 Å². The fourth-order valence-electron chi connectivity index (χ4n) is 2.16. The van der Waals surface area contributed by atoms with Gasteiger partial charge in [-0.2, -0.15) is 0 Å². The van der Waals surface area contributed by atoms with Gasteiger partial charge in [-0.25, -0.2) is 0 Å². The molecule has 0 heterocycles. The van der Waals surface area contributed by atoms with Crippen LogP contribution < -0.4 is 15.4 Å². The minimum Gasteiger partial charge on any atom is -0.497 e. The van der Waals surface area contributed by atoms with E-state index in [1.807, 2.05) is 25.1 Å². The van der Waals surface area contributed by atoms with Crippen molar-refractivity contribution < 1.29 is 9.53 Å². The maximum atomic E-state index is 11.5. The van der Waals surface area contributed by atoms with Gasteiger partial charge >= 0.3 is 0 Å². The lowest BCUT2D eigenvalue weighted by Crippen LogP contribution is -2.33. The molecule has 0 spiro atoms. The zero-order chi connectivity index (χ0) is 15.1. The molecule has 2 aromatic rings. The third-order valence-electron chi connectivity index (χ3n) is 3.30. The maximum absolute atomic E-state index is 11.5. The molecule has 112 valence electrons. The van der Waals surface area contributed by atoms with E-state index >= 15 is 0 Å². The first kappa shape index (κ1) is 15.3. The number of nitrogens with one attached hydrogen (secondary N) is 2. The molecular weight excluding hydrogens is 264 g/mol. The van der Waals surface area contributed by atoms with Crippen molar-refractivity contribution in [2.45, 2.75) is 19.9 Å². The number of fused-ring (bicyclic) bond motifs is 1. The molecule has 0 aliphatic rings. The van der Waals surface area contributed by atoms with Gasteiger partial charge in [0.15, 0.2) is 0 Å². The Morgan fingerprint density at radius 1 is 1.14 bits per heavy atom. The van der Waals surface area contributed by atoms with E-state index in [2.05, 4.69) is 28.8 Å². The second kappa shape index (κ2) is 7.64. The number of ether oxygens (including phenoxy) is 1. The third-order valence-corrected chi connectivity index (χ3v) is 3.30. The third kappa shape index (κ3) is 4.46. The van der Waals surface area contributed by atoms with Crippen molar-refractivity contribution in [3.63, 3.8) is 0 Å². The molecule has 0 radical (unpaired) electrons. The molecule has 2 aromatic carbocycles. The molecular formula is C17H22N2O2. The highest BCUT2D eigenvalue weighted by Crippen LogP contribution is 2.21. The number of hydrogen-bond acceptors (Lipinski definition) is 3. The van der Waals surface area contributed by atoms with Crippen molar-refractivity contribution in [3.05, 3.63) is 42.0 Å². The molecule has 0 fully saturated rings. The SMILES string of the molecule is CCCNC(=O)CNCc1ccc2cc(OC)ccc2c1. The molecule has 2 N–H and O–H groups in total. The average molecular weight is 286 g/mol. The lowest BCUT2D eigenvalue weighted by atomic mass is 10.1. The van der Waals surface area contributed by atoms with Gasteiger partial charge in [0.25, 0.3) is 0 Å². The number of carbonyl (C=O) groups is 1. The summed E-state index contributed by atoms with van der Waals surface area (Å²) < 4.78 is 5.22. The fraction of sp³-hybridized carbons (Fsp3) is 0.353. The Morgan fingerprint density at radius 3 is 2.67 bits per heavy atom. The topological polar surface area (TPSA) is 50.4 Å². The fourth-order valence-corrected chi connectivity index (χ4v) is 2.16. The first-order chi connectivity index (χ1) is 10.2. The van der Waals surface area contributed by atoms with Crippen LogP contribution in [-0.2, 0) is 11.3 Å². The molecule has 0 saturated carbocycles. The number of amides is 1. The maximum Gasteiger partial charge on any atom is 0.233 e. The molecule has 0 aliphatic heterocycles. The molecule has 0 atom stereocenters. The van der Waals surface area contributed by atoms with Gasteiger partial charge in [0, 0.05) is 13.1 Å². The Morgan fingerprint density at radius 2 is 1.90 bits per heavy atom. The number of methoxy groups -OCH3 is 1. The summed E-state index contributed by atoms with van der Waals surface area (Å²) in [4.78, 5) is 11.5. The van der Waals surface area contributed by atoms with Gasteiger partial charge in [0.1, 0.15) is 5.75 Å². The second-order valence-electron chi connectivity index (χ2n) is 5.00. The van der Waals surface area contributed by atoms with Crippen LogP contribution in [0, 0.1) is 0 Å². The first-order valence-corrected chi connectivity index (χ1v) is 7.27. The Balaban J connectivity index is 1.92. The summed E-state index contributed by atoms with van der Waals surface area (Å²) in [5.41, 5.74) is 1.16. The Bertz CT molecular complexity index is 611. The van der Waals surface area contributed by atoms with Crippen molar-refractivity contribution in [3.8, 4) is 5.75 Å². The summed E-state index contributed by atoms with van der Waals surface area (Å²) in [5.74, 6) is 0.906. The predicted molar refractivity (Wildman–Crippen MR) is 85.5 cm³/mol. The molecule has 1 amide bonds. The van der Waals surface area contributed by atoms with Crippen LogP contribution in [0.5, 0.6) is 5.75 Å². The lowest BCUT2D eigenvalue weighted by molar-refractivity contribution is -0.120. The van der Waals surface area contributed by atoms with Crippen LogP contribution in [0.2, 0.25) is 0 Å². The van der Waals surface area contributed by atoms with E-state index < -0.39 is 0 Å². The molecule has 0 aliphatic carbocycles. The zero-order valence-electron chi connectivity index (χ0n) is 12.6. The Hall–Kier alpha value is -2.07. The van der Waals surface area contributed by atoms with Crippen molar-refractivity contribution in [2.75, 3.05) is 20.2 Å². The van der Waals surface area contributed by atoms with Gasteiger partial charge in [-0.1, -0.05) is 25.1 Å². The van der Waals surface area contributed by atoms with E-state index in [1.54, 1.807) is 7.11 Å². The van der Waals surface area contributed by atoms with Crippen LogP contribution in [0.1, 0.15) is 18.9 Å². The molecule has 0 bridgehead atoms. The monoisotopic (exact) mass is 286 g/mol. The number of carbonyl (C=O) groups excluding carboxylic acids is 1. The van der Waals surface area contributed by atoms with E-state index in [-0.39, 0.29) is 5.91 Å². The Labute approximate surface area is 125 Å². The highest BCUT2D eigenvalue weighted by atomic mass is 16.5. The highest BCUT2D eigenvalue weighted by molar-refractivity contribution is 5.84. The van der Waals surface area contributed by atoms with Gasteiger partial charge in [-0.05, 0) is 41.0 Å². The highest BCUT2D eigenvalue weighted by Gasteiger charge is 2.01. The minimum absolute atomic E-state index is 0.0439. The summed E-state index contributed by atoms with van der Waals surface area (Å²) >= 11 is 0. The summed E-state index contributed by atoms with van der Waals surface area (Å²) in [7, 11) is 1.67. The van der Waals surface area contributed by atoms with E-state index in [4.69, 9.17) is 4.74 Å². The largest absolute Gasteiger partial charge is 0.497 e. The van der Waals surface area contributed by atoms with E-state index in [0.29, 0.717) is 13.1 Å². The lowest BCUT2D eigenvalue weighted by Gasteiger charge is -2.08. The van der Waals surface area contributed by atoms with Gasteiger partial charge in [0.2, 0.25) is 5.91 Å². The van der Waals surface area contributed by atoms with Gasteiger partial charge in [-0.15, -0.1) is 0 Å². The van der Waals surface area contributed by atoms with Crippen molar-refractivity contribution >= 4 is 16.7 Å². The average Bonchev–Trinajstić information content (AvgIpc) is 2.52. The van der Waals surface area contributed by atoms with Crippen LogP contribution in [0.4, 0.5) is 0 Å². The van der Waals surface area contributed by atoms with Crippen LogP contribution in [0.25, 0.3) is 10.8 Å². The van der Waals surface area contributed by atoms with Crippen molar-refractivity contribution in [1.29, 1.82) is 0 Å². The standard InChI is InChI=1S/C17H22N2O2/c1-3-8-19-17(20)12-18-11-13-4-5-15-10-16(21-2)7-6-14(15)9-13/h4-7,9-10,18H,3,8,11-12H2,1-2H3,(H,19,20). The first-order valence-electron chi connectivity index (χ1n) is 7.27. The zero-order valence-corrected chi connectivity index (χ0v) is 12.6. The predicted octanol–water partition coefficient (Wildman–Crippen LogP) is 2.46. The van der Waals surface area contributed by atoms with Gasteiger partial charge in [-0.3, -0.25) is 4.79 Å². The van der Waals surface area contributed by atoms with E-state index in [9.17, 15) is 4.79 Å². The molecule has 4 heteroatoms. The summed E-state index contributed by atoms with van der Waals surface area (Å²) in [6.07, 6.45) is 0.958. The molecule has 2 rings (SSSR count). The molecule has 0 aromatic heterocycles. The Kier molecular flexibility index (Phi) is 5.58. The normalized spacial score (nSPS) is 10.6. The summed E-state index contributed by atoms with van der Waals surface area (Å²) in [6.45, 7) is 3.80. The molecule has 4 nitrogen and oxygen atoms in total. The van der Waals surface area contributed by atoms with Gasteiger partial charge < -0.3 is 15.4 Å². The van der Waals surface area contributed by atoms with Crippen molar-refractivity contribution in [2.24, 2.45) is 0 Å². The van der Waals surface area contributed by atoms with E-state index in [0.717, 1.165) is 29.7 Å².